The highest BCUT2D eigenvalue weighted by Crippen LogP contribution is 2.18. The lowest BCUT2D eigenvalue weighted by atomic mass is 9.93. The van der Waals surface area contributed by atoms with Gasteiger partial charge in [0.25, 0.3) is 0 Å². The monoisotopic (exact) mass is 350 g/mol. The van der Waals surface area contributed by atoms with Gasteiger partial charge in [-0.3, -0.25) is 9.79 Å². The minimum atomic E-state index is -0.700. The van der Waals surface area contributed by atoms with Crippen LogP contribution in [0.15, 0.2) is 29.3 Å². The van der Waals surface area contributed by atoms with Crippen LogP contribution in [0.2, 0.25) is 0 Å². The summed E-state index contributed by atoms with van der Waals surface area (Å²) in [5.41, 5.74) is 5.54. The van der Waals surface area contributed by atoms with E-state index in [-0.39, 0.29) is 5.91 Å². The van der Waals surface area contributed by atoms with Gasteiger partial charge in [-0.2, -0.15) is 0 Å². The van der Waals surface area contributed by atoms with Crippen molar-refractivity contribution in [1.29, 1.82) is 0 Å². The van der Waals surface area contributed by atoms with Crippen LogP contribution < -0.4 is 21.1 Å². The number of methoxy groups -OCH3 is 1. The van der Waals surface area contributed by atoms with E-state index in [1.54, 1.807) is 21.0 Å². The molecule has 1 rings (SSSR count). The summed E-state index contributed by atoms with van der Waals surface area (Å²) in [5, 5.41) is 6.37. The van der Waals surface area contributed by atoms with Crippen LogP contribution in [0.5, 0.6) is 5.75 Å². The normalized spacial score (nSPS) is 11.9. The fourth-order valence-electron chi connectivity index (χ4n) is 1.86. The van der Waals surface area contributed by atoms with Crippen molar-refractivity contribution in [1.82, 2.24) is 5.32 Å². The number of aliphatic imine (C=N–C) groups is 1. The molecule has 0 heterocycles. The van der Waals surface area contributed by atoms with Crippen LogP contribution in [0.4, 0.5) is 5.69 Å². The first-order chi connectivity index (χ1) is 11.9. The maximum absolute atomic E-state index is 11.4. The number of benzene rings is 1. The van der Waals surface area contributed by atoms with E-state index in [0.29, 0.717) is 32.3 Å². The second-order valence-electron chi connectivity index (χ2n) is 6.29. The highest BCUT2D eigenvalue weighted by molar-refractivity contribution is 5.94. The Labute approximate surface area is 150 Å². The molecule has 0 unspecified atom stereocenters. The fraction of sp³-hybridized carbons (Fsp3) is 0.556. The van der Waals surface area contributed by atoms with Crippen molar-refractivity contribution in [3.63, 3.8) is 0 Å². The third kappa shape index (κ3) is 7.89. The average molecular weight is 350 g/mol. The van der Waals surface area contributed by atoms with Gasteiger partial charge in [-0.15, -0.1) is 0 Å². The zero-order valence-corrected chi connectivity index (χ0v) is 15.6. The maximum Gasteiger partial charge on any atom is 0.224 e. The van der Waals surface area contributed by atoms with Crippen LogP contribution in [-0.4, -0.2) is 45.3 Å². The molecule has 7 nitrogen and oxygen atoms in total. The van der Waals surface area contributed by atoms with Gasteiger partial charge in [0.05, 0.1) is 18.6 Å². The zero-order chi connectivity index (χ0) is 18.7. The summed E-state index contributed by atoms with van der Waals surface area (Å²) in [6.45, 7) is 7.80. The minimum absolute atomic E-state index is 0.297. The number of rotatable bonds is 10. The van der Waals surface area contributed by atoms with E-state index >= 15 is 0 Å². The topological polar surface area (TPSA) is 98.0 Å². The Morgan fingerprint density at radius 3 is 2.72 bits per heavy atom. The first kappa shape index (κ1) is 20.8. The largest absolute Gasteiger partial charge is 0.493 e. The highest BCUT2D eigenvalue weighted by atomic mass is 16.5. The van der Waals surface area contributed by atoms with Crippen LogP contribution >= 0.6 is 0 Å². The number of nitrogens with one attached hydrogen (secondary N) is 2. The summed E-state index contributed by atoms with van der Waals surface area (Å²) in [6, 6.07) is 7.64. The number of nitrogens with two attached hydrogens (primary N) is 1. The van der Waals surface area contributed by atoms with Crippen LogP contribution in [0, 0.1) is 5.41 Å². The standard InChI is InChI=1S/C18H30N4O3/c1-5-20-17(21-13-18(2,3)16(19)23)22-14-8-6-9-15(12-14)25-11-7-10-24-4/h6,8-9,12H,5,7,10-11,13H2,1-4H3,(H2,19,23)(H2,20,21,22). The Balaban J connectivity index is 2.72. The molecule has 0 aliphatic carbocycles. The molecule has 0 fully saturated rings. The van der Waals surface area contributed by atoms with Gasteiger partial charge in [0.1, 0.15) is 5.75 Å². The molecular formula is C18H30N4O3. The van der Waals surface area contributed by atoms with Crippen LogP contribution in [0.1, 0.15) is 27.2 Å². The third-order valence-electron chi connectivity index (χ3n) is 3.50. The van der Waals surface area contributed by atoms with E-state index in [2.05, 4.69) is 15.6 Å². The average Bonchev–Trinajstić information content (AvgIpc) is 2.57. The number of primary amides is 1. The predicted octanol–water partition coefficient (Wildman–Crippen LogP) is 1.99. The number of guanidine groups is 1. The van der Waals surface area contributed by atoms with E-state index in [4.69, 9.17) is 15.2 Å². The molecule has 0 spiro atoms. The first-order valence-corrected chi connectivity index (χ1v) is 8.46. The smallest absolute Gasteiger partial charge is 0.224 e. The van der Waals surface area contributed by atoms with Crippen molar-refractivity contribution in [3.8, 4) is 5.75 Å². The van der Waals surface area contributed by atoms with E-state index < -0.39 is 5.41 Å². The Bertz CT molecular complexity index is 573. The van der Waals surface area contributed by atoms with E-state index in [1.165, 1.54) is 0 Å². The Morgan fingerprint density at radius 1 is 1.32 bits per heavy atom. The fourth-order valence-corrected chi connectivity index (χ4v) is 1.86. The molecule has 1 aromatic rings. The predicted molar refractivity (Wildman–Crippen MR) is 101 cm³/mol. The summed E-state index contributed by atoms with van der Waals surface area (Å²) >= 11 is 0. The Kier molecular flexibility index (Phi) is 8.77. The zero-order valence-electron chi connectivity index (χ0n) is 15.6. The van der Waals surface area contributed by atoms with Crippen molar-refractivity contribution in [3.05, 3.63) is 24.3 Å². The molecule has 25 heavy (non-hydrogen) atoms. The lowest BCUT2D eigenvalue weighted by molar-refractivity contribution is -0.125. The highest BCUT2D eigenvalue weighted by Gasteiger charge is 2.24. The van der Waals surface area contributed by atoms with Crippen molar-refractivity contribution in [2.24, 2.45) is 16.1 Å². The van der Waals surface area contributed by atoms with Gasteiger partial charge in [0, 0.05) is 38.4 Å². The summed E-state index contributed by atoms with van der Waals surface area (Å²) in [6.07, 6.45) is 0.834. The molecule has 1 aromatic carbocycles. The molecular weight excluding hydrogens is 320 g/mol. The number of nitrogens with zero attached hydrogens (tertiary/aromatic N) is 1. The second kappa shape index (κ2) is 10.6. The number of carbonyl (C=O) groups is 1. The van der Waals surface area contributed by atoms with Crippen molar-refractivity contribution < 1.29 is 14.3 Å². The summed E-state index contributed by atoms with van der Waals surface area (Å²) < 4.78 is 10.7. The molecule has 0 saturated heterocycles. The van der Waals surface area contributed by atoms with Gasteiger partial charge in [-0.25, -0.2) is 0 Å². The van der Waals surface area contributed by atoms with Gasteiger partial charge in [0.2, 0.25) is 5.91 Å². The number of carbonyl (C=O) groups excluding carboxylic acids is 1. The van der Waals surface area contributed by atoms with E-state index in [1.807, 2.05) is 31.2 Å². The molecule has 0 radical (unpaired) electrons. The minimum Gasteiger partial charge on any atom is -0.493 e. The number of hydrogen-bond donors (Lipinski definition) is 3. The molecule has 4 N–H and O–H groups in total. The van der Waals surface area contributed by atoms with Gasteiger partial charge in [0.15, 0.2) is 5.96 Å². The molecule has 140 valence electrons. The summed E-state index contributed by atoms with van der Waals surface area (Å²) in [5.74, 6) is 0.987. The number of amides is 1. The van der Waals surface area contributed by atoms with Crippen LogP contribution in [0.3, 0.4) is 0 Å². The van der Waals surface area contributed by atoms with Gasteiger partial charge in [-0.1, -0.05) is 6.07 Å². The van der Waals surface area contributed by atoms with Crippen LogP contribution in [-0.2, 0) is 9.53 Å². The second-order valence-corrected chi connectivity index (χ2v) is 6.29. The van der Waals surface area contributed by atoms with Gasteiger partial charge in [-0.05, 0) is 32.9 Å². The van der Waals surface area contributed by atoms with Crippen molar-refractivity contribution >= 4 is 17.6 Å². The molecule has 0 aliphatic rings. The Morgan fingerprint density at radius 2 is 2.08 bits per heavy atom. The van der Waals surface area contributed by atoms with E-state index in [0.717, 1.165) is 17.9 Å². The first-order valence-electron chi connectivity index (χ1n) is 8.46. The molecule has 1 amide bonds. The number of ether oxygens (including phenoxy) is 2. The van der Waals surface area contributed by atoms with Gasteiger partial charge >= 0.3 is 0 Å². The number of hydrogen-bond acceptors (Lipinski definition) is 4. The van der Waals surface area contributed by atoms with E-state index in [9.17, 15) is 4.79 Å². The quantitative estimate of drug-likeness (QED) is 0.341. The number of anilines is 1. The SMILES string of the molecule is CCNC(=NCC(C)(C)C(N)=O)Nc1cccc(OCCCOC)c1. The summed E-state index contributed by atoms with van der Waals surface area (Å²) in [7, 11) is 1.67. The van der Waals surface area contributed by atoms with Crippen molar-refractivity contribution in [2.45, 2.75) is 27.2 Å². The molecule has 0 saturated carbocycles. The Hall–Kier alpha value is -2.28. The molecule has 0 bridgehead atoms. The molecule has 7 heteroatoms. The molecule has 0 atom stereocenters. The van der Waals surface area contributed by atoms with Crippen LogP contribution in [0.25, 0.3) is 0 Å². The van der Waals surface area contributed by atoms with Crippen molar-refractivity contribution in [2.75, 3.05) is 38.7 Å². The lowest BCUT2D eigenvalue weighted by Gasteiger charge is -2.19. The molecule has 0 aromatic heterocycles. The third-order valence-corrected chi connectivity index (χ3v) is 3.50. The maximum atomic E-state index is 11.4. The summed E-state index contributed by atoms with van der Waals surface area (Å²) in [4.78, 5) is 15.9. The lowest BCUT2D eigenvalue weighted by Crippen LogP contribution is -2.37. The molecule has 0 aliphatic heterocycles. The van der Waals surface area contributed by atoms with Gasteiger partial charge < -0.3 is 25.8 Å².